The Hall–Kier alpha value is -0.0400. The molecule has 0 N–H and O–H groups in total. The average molecular weight is 202 g/mol. The van der Waals surface area contributed by atoms with Crippen LogP contribution >= 0.6 is 0 Å². The van der Waals surface area contributed by atoms with Gasteiger partial charge in [0.1, 0.15) is 0 Å². The monoisotopic (exact) mass is 202 g/mol. The Morgan fingerprint density at radius 3 is 1.50 bits per heavy atom. The highest BCUT2D eigenvalue weighted by atomic mass is 16.5. The van der Waals surface area contributed by atoms with Crippen LogP contribution < -0.4 is 0 Å². The maximum atomic E-state index is 5.57. The summed E-state index contributed by atoms with van der Waals surface area (Å²) >= 11 is 0. The fourth-order valence-corrected chi connectivity index (χ4v) is 0.757. The van der Waals surface area contributed by atoms with Crippen LogP contribution in [-0.2, 0) is 4.74 Å². The molecule has 14 heavy (non-hydrogen) atoms. The molecule has 1 heteroatoms. The fraction of sp³-hybridized carbons (Fsp3) is 1.00. The molecule has 0 heterocycles. The predicted molar refractivity (Wildman–Crippen MR) is 65.7 cm³/mol. The van der Waals surface area contributed by atoms with E-state index in [2.05, 4.69) is 41.5 Å². The third-order valence-corrected chi connectivity index (χ3v) is 1.53. The summed E-state index contributed by atoms with van der Waals surface area (Å²) in [4.78, 5) is 0. The lowest BCUT2D eigenvalue weighted by Gasteiger charge is -2.21. The van der Waals surface area contributed by atoms with Crippen molar-refractivity contribution in [2.75, 3.05) is 13.2 Å². The minimum Gasteiger partial charge on any atom is -0.381 e. The Kier molecular flexibility index (Phi) is 8.52. The molecule has 0 aromatic carbocycles. The average Bonchev–Trinajstić information content (AvgIpc) is 1.99. The van der Waals surface area contributed by atoms with Crippen LogP contribution in [0.1, 0.15) is 61.8 Å². The molecule has 0 aliphatic rings. The lowest BCUT2D eigenvalue weighted by Crippen LogP contribution is -2.17. The van der Waals surface area contributed by atoms with Crippen LogP contribution in [0.3, 0.4) is 0 Å². The van der Waals surface area contributed by atoms with Gasteiger partial charge in [-0.3, -0.25) is 0 Å². The summed E-state index contributed by atoms with van der Waals surface area (Å²) in [6.07, 6.45) is 1.14. The predicted octanol–water partition coefficient (Wildman–Crippen LogP) is 4.51. The van der Waals surface area contributed by atoms with Crippen molar-refractivity contribution in [2.24, 2.45) is 10.8 Å². The highest BCUT2D eigenvalue weighted by Crippen LogP contribution is 2.19. The van der Waals surface area contributed by atoms with Gasteiger partial charge in [-0.15, -0.1) is 0 Å². The molecule has 0 rings (SSSR count). The van der Waals surface area contributed by atoms with Gasteiger partial charge in [-0.05, 0) is 17.3 Å². The van der Waals surface area contributed by atoms with Gasteiger partial charge in [0.25, 0.3) is 0 Å². The minimum atomic E-state index is 0.303. The SMILES string of the molecule is CC.CC(C)(C)CCOCC(C)(C)C. The molecular weight excluding hydrogens is 172 g/mol. The summed E-state index contributed by atoms with van der Waals surface area (Å²) in [6, 6.07) is 0. The first-order valence-electron chi connectivity index (χ1n) is 5.78. The van der Waals surface area contributed by atoms with Crippen LogP contribution in [0.4, 0.5) is 0 Å². The van der Waals surface area contributed by atoms with Crippen LogP contribution in [0.15, 0.2) is 0 Å². The summed E-state index contributed by atoms with van der Waals surface area (Å²) < 4.78 is 5.57. The molecule has 0 aliphatic carbocycles. The van der Waals surface area contributed by atoms with Gasteiger partial charge in [-0.25, -0.2) is 0 Å². The van der Waals surface area contributed by atoms with Gasteiger partial charge in [-0.1, -0.05) is 55.4 Å². The largest absolute Gasteiger partial charge is 0.381 e. The molecule has 0 radical (unpaired) electrons. The quantitative estimate of drug-likeness (QED) is 0.612. The lowest BCUT2D eigenvalue weighted by molar-refractivity contribution is 0.0556. The number of ether oxygens (including phenoxy) is 1. The molecular formula is C13H30O. The van der Waals surface area contributed by atoms with Crippen molar-refractivity contribution in [3.05, 3.63) is 0 Å². The molecule has 0 aliphatic heterocycles. The van der Waals surface area contributed by atoms with Gasteiger partial charge in [0.15, 0.2) is 0 Å². The first-order valence-corrected chi connectivity index (χ1v) is 5.78. The van der Waals surface area contributed by atoms with Gasteiger partial charge in [0.2, 0.25) is 0 Å². The lowest BCUT2D eigenvalue weighted by atomic mass is 9.93. The fourth-order valence-electron chi connectivity index (χ4n) is 0.757. The second-order valence-electron chi connectivity index (χ2n) is 5.92. The Morgan fingerprint density at radius 1 is 0.786 bits per heavy atom. The van der Waals surface area contributed by atoms with Gasteiger partial charge >= 0.3 is 0 Å². The smallest absolute Gasteiger partial charge is 0.0514 e. The minimum absolute atomic E-state index is 0.303. The Bertz CT molecular complexity index is 98.2. The molecule has 0 aromatic heterocycles. The summed E-state index contributed by atoms with van der Waals surface area (Å²) in [5, 5.41) is 0. The van der Waals surface area contributed by atoms with E-state index in [0.29, 0.717) is 10.8 Å². The molecule has 0 unspecified atom stereocenters. The van der Waals surface area contributed by atoms with Crippen LogP contribution in [-0.4, -0.2) is 13.2 Å². The van der Waals surface area contributed by atoms with Crippen molar-refractivity contribution >= 4 is 0 Å². The van der Waals surface area contributed by atoms with E-state index in [1.54, 1.807) is 0 Å². The summed E-state index contributed by atoms with van der Waals surface area (Å²) in [5.74, 6) is 0. The highest BCUT2D eigenvalue weighted by Gasteiger charge is 2.12. The summed E-state index contributed by atoms with van der Waals surface area (Å²) in [5.41, 5.74) is 0.704. The molecule has 88 valence electrons. The van der Waals surface area contributed by atoms with Gasteiger partial charge < -0.3 is 4.74 Å². The van der Waals surface area contributed by atoms with Crippen LogP contribution in [0.5, 0.6) is 0 Å². The molecule has 0 saturated carbocycles. The van der Waals surface area contributed by atoms with E-state index in [1.165, 1.54) is 0 Å². The zero-order valence-electron chi connectivity index (χ0n) is 11.5. The first-order chi connectivity index (χ1) is 6.21. The normalized spacial score (nSPS) is 12.0. The van der Waals surface area contributed by atoms with Crippen molar-refractivity contribution < 1.29 is 4.74 Å². The summed E-state index contributed by atoms with van der Waals surface area (Å²) in [7, 11) is 0. The molecule has 1 nitrogen and oxygen atoms in total. The molecule has 0 spiro atoms. The van der Waals surface area contributed by atoms with Crippen molar-refractivity contribution in [3.63, 3.8) is 0 Å². The van der Waals surface area contributed by atoms with Gasteiger partial charge in [0.05, 0.1) is 6.61 Å². The maximum absolute atomic E-state index is 5.57. The van der Waals surface area contributed by atoms with E-state index in [4.69, 9.17) is 4.74 Å². The number of hydrogen-bond acceptors (Lipinski definition) is 1. The van der Waals surface area contributed by atoms with E-state index in [9.17, 15) is 0 Å². The van der Waals surface area contributed by atoms with E-state index < -0.39 is 0 Å². The van der Waals surface area contributed by atoms with Crippen LogP contribution in [0.25, 0.3) is 0 Å². The second kappa shape index (κ2) is 7.28. The maximum Gasteiger partial charge on any atom is 0.0514 e. The topological polar surface area (TPSA) is 9.23 Å². The van der Waals surface area contributed by atoms with Crippen LogP contribution in [0.2, 0.25) is 0 Å². The van der Waals surface area contributed by atoms with Crippen molar-refractivity contribution in [1.82, 2.24) is 0 Å². The van der Waals surface area contributed by atoms with Gasteiger partial charge in [0, 0.05) is 6.61 Å². The third kappa shape index (κ3) is 17.9. The molecule has 0 fully saturated rings. The standard InChI is InChI=1S/C11H24O.C2H6/c1-10(2,3)7-8-12-9-11(4,5)6;1-2/h7-9H2,1-6H3;1-2H3. The van der Waals surface area contributed by atoms with E-state index >= 15 is 0 Å². The summed E-state index contributed by atoms with van der Waals surface area (Å²) in [6.45, 7) is 19.1. The Morgan fingerprint density at radius 2 is 1.21 bits per heavy atom. The third-order valence-electron chi connectivity index (χ3n) is 1.53. The number of rotatable bonds is 3. The van der Waals surface area contributed by atoms with Crippen molar-refractivity contribution in [3.8, 4) is 0 Å². The first kappa shape index (κ1) is 16.4. The number of hydrogen-bond donors (Lipinski definition) is 0. The molecule has 0 amide bonds. The molecule has 0 saturated heterocycles. The van der Waals surface area contributed by atoms with E-state index in [0.717, 1.165) is 19.6 Å². The van der Waals surface area contributed by atoms with Crippen molar-refractivity contribution in [1.29, 1.82) is 0 Å². The highest BCUT2D eigenvalue weighted by molar-refractivity contribution is 4.62. The molecule has 0 bridgehead atoms. The Balaban J connectivity index is 0. The second-order valence-corrected chi connectivity index (χ2v) is 5.92. The van der Waals surface area contributed by atoms with Crippen LogP contribution in [0, 0.1) is 10.8 Å². The zero-order valence-corrected chi connectivity index (χ0v) is 11.5. The molecule has 0 atom stereocenters. The zero-order chi connectivity index (χ0) is 11.8. The van der Waals surface area contributed by atoms with Gasteiger partial charge in [-0.2, -0.15) is 0 Å². The van der Waals surface area contributed by atoms with Crippen molar-refractivity contribution in [2.45, 2.75) is 61.8 Å². The van der Waals surface area contributed by atoms with E-state index in [-0.39, 0.29) is 0 Å². The Labute approximate surface area is 91.2 Å². The molecule has 0 aromatic rings. The van der Waals surface area contributed by atoms with E-state index in [1.807, 2.05) is 13.8 Å².